The monoisotopic (exact) mass is 262 g/mol. The molecule has 1 aliphatic heterocycles. The number of hydrogen-bond acceptors (Lipinski definition) is 3. The number of rotatable bonds is 3. The van der Waals surface area contributed by atoms with Crippen molar-refractivity contribution in [3.8, 4) is 0 Å². The molecule has 1 heterocycles. The number of carbonyl (C=O) groups is 1. The van der Waals surface area contributed by atoms with Gasteiger partial charge in [0.25, 0.3) is 0 Å². The number of morpholine rings is 1. The van der Waals surface area contributed by atoms with Gasteiger partial charge in [0.05, 0.1) is 18.8 Å². The normalized spacial score (nSPS) is 18.2. The van der Waals surface area contributed by atoms with E-state index in [1.807, 2.05) is 19.1 Å². The molecule has 1 N–H and O–H groups in total. The van der Waals surface area contributed by atoms with E-state index in [9.17, 15) is 4.79 Å². The molecule has 2 rings (SSSR count). The summed E-state index contributed by atoms with van der Waals surface area (Å²) in [6.07, 6.45) is 0.498. The lowest BCUT2D eigenvalue weighted by atomic mass is 10.0. The molecule has 0 atom stereocenters. The summed E-state index contributed by atoms with van der Waals surface area (Å²) in [7, 11) is 0. The minimum atomic E-state index is 0.00638. The van der Waals surface area contributed by atoms with Crippen molar-refractivity contribution in [3.63, 3.8) is 0 Å². The SMILES string of the molecule is CCC(=O)Nc1ccc(N2CCOCC2(C)C)cc1. The Morgan fingerprint density at radius 2 is 2.05 bits per heavy atom. The molecule has 4 heteroatoms. The highest BCUT2D eigenvalue weighted by Crippen LogP contribution is 2.27. The average molecular weight is 262 g/mol. The first kappa shape index (κ1) is 13.9. The summed E-state index contributed by atoms with van der Waals surface area (Å²) in [5.41, 5.74) is 2.02. The van der Waals surface area contributed by atoms with Gasteiger partial charge in [0, 0.05) is 24.3 Å². The zero-order valence-electron chi connectivity index (χ0n) is 11.9. The van der Waals surface area contributed by atoms with E-state index in [-0.39, 0.29) is 11.4 Å². The van der Waals surface area contributed by atoms with Gasteiger partial charge >= 0.3 is 0 Å². The number of hydrogen-bond donors (Lipinski definition) is 1. The third-order valence-corrected chi connectivity index (χ3v) is 3.43. The summed E-state index contributed by atoms with van der Waals surface area (Å²) in [4.78, 5) is 13.7. The lowest BCUT2D eigenvalue weighted by molar-refractivity contribution is -0.115. The van der Waals surface area contributed by atoms with Crippen molar-refractivity contribution in [1.82, 2.24) is 0 Å². The Morgan fingerprint density at radius 1 is 1.37 bits per heavy atom. The fourth-order valence-corrected chi connectivity index (χ4v) is 2.31. The largest absolute Gasteiger partial charge is 0.377 e. The van der Waals surface area contributed by atoms with Crippen molar-refractivity contribution in [1.29, 1.82) is 0 Å². The summed E-state index contributed by atoms with van der Waals surface area (Å²) in [6, 6.07) is 8.01. The molecule has 4 nitrogen and oxygen atoms in total. The molecule has 1 aromatic rings. The number of carbonyl (C=O) groups excluding carboxylic acids is 1. The Morgan fingerprint density at radius 3 is 2.63 bits per heavy atom. The maximum Gasteiger partial charge on any atom is 0.224 e. The summed E-state index contributed by atoms with van der Waals surface area (Å²) in [5, 5.41) is 2.86. The third-order valence-electron chi connectivity index (χ3n) is 3.43. The van der Waals surface area contributed by atoms with E-state index in [4.69, 9.17) is 4.74 Å². The molecule has 0 spiro atoms. The smallest absolute Gasteiger partial charge is 0.224 e. The Hall–Kier alpha value is -1.55. The predicted octanol–water partition coefficient (Wildman–Crippen LogP) is 2.65. The molecule has 1 fully saturated rings. The maximum absolute atomic E-state index is 11.3. The number of benzene rings is 1. The third kappa shape index (κ3) is 3.26. The molecular formula is C15H22N2O2. The highest BCUT2D eigenvalue weighted by atomic mass is 16.5. The molecular weight excluding hydrogens is 240 g/mol. The van der Waals surface area contributed by atoms with Crippen LogP contribution in [0.3, 0.4) is 0 Å². The highest BCUT2D eigenvalue weighted by Gasteiger charge is 2.30. The van der Waals surface area contributed by atoms with E-state index >= 15 is 0 Å². The molecule has 1 aliphatic rings. The first-order chi connectivity index (χ1) is 9.03. The molecule has 19 heavy (non-hydrogen) atoms. The quantitative estimate of drug-likeness (QED) is 0.910. The second kappa shape index (κ2) is 5.61. The number of nitrogens with one attached hydrogen (secondary N) is 1. The van der Waals surface area contributed by atoms with E-state index in [0.29, 0.717) is 6.42 Å². The van der Waals surface area contributed by atoms with Crippen molar-refractivity contribution in [3.05, 3.63) is 24.3 Å². The first-order valence-electron chi connectivity index (χ1n) is 6.78. The summed E-state index contributed by atoms with van der Waals surface area (Å²) < 4.78 is 5.53. The predicted molar refractivity (Wildman–Crippen MR) is 77.6 cm³/mol. The second-order valence-corrected chi connectivity index (χ2v) is 5.47. The minimum absolute atomic E-state index is 0.00638. The van der Waals surface area contributed by atoms with Crippen molar-refractivity contribution >= 4 is 17.3 Å². The lowest BCUT2D eigenvalue weighted by Crippen LogP contribution is -2.53. The van der Waals surface area contributed by atoms with E-state index in [0.717, 1.165) is 25.4 Å². The van der Waals surface area contributed by atoms with E-state index < -0.39 is 0 Å². The number of nitrogens with zero attached hydrogens (tertiary/aromatic N) is 1. The maximum atomic E-state index is 11.3. The van der Waals surface area contributed by atoms with E-state index in [2.05, 4.69) is 36.2 Å². The first-order valence-corrected chi connectivity index (χ1v) is 6.78. The van der Waals surface area contributed by atoms with Gasteiger partial charge in [-0.15, -0.1) is 0 Å². The van der Waals surface area contributed by atoms with Crippen LogP contribution in [0.4, 0.5) is 11.4 Å². The molecule has 1 aromatic carbocycles. The van der Waals surface area contributed by atoms with Crippen LogP contribution in [0.5, 0.6) is 0 Å². The average Bonchev–Trinajstić information content (AvgIpc) is 2.39. The second-order valence-electron chi connectivity index (χ2n) is 5.47. The molecule has 0 aliphatic carbocycles. The van der Waals surface area contributed by atoms with Crippen LogP contribution in [-0.2, 0) is 9.53 Å². The Balaban J connectivity index is 2.11. The summed E-state index contributed by atoms with van der Waals surface area (Å²) >= 11 is 0. The Kier molecular flexibility index (Phi) is 4.10. The number of amides is 1. The van der Waals surface area contributed by atoms with Crippen LogP contribution in [0.15, 0.2) is 24.3 Å². The van der Waals surface area contributed by atoms with Crippen LogP contribution in [0, 0.1) is 0 Å². The van der Waals surface area contributed by atoms with Gasteiger partial charge in [-0.05, 0) is 38.1 Å². The van der Waals surface area contributed by atoms with Gasteiger partial charge in [-0.1, -0.05) is 6.92 Å². The zero-order valence-corrected chi connectivity index (χ0v) is 11.9. The number of anilines is 2. The minimum Gasteiger partial charge on any atom is -0.377 e. The Labute approximate surface area is 114 Å². The van der Waals surface area contributed by atoms with Gasteiger partial charge in [0.2, 0.25) is 5.91 Å². The van der Waals surface area contributed by atoms with Gasteiger partial charge in [-0.3, -0.25) is 4.79 Å². The van der Waals surface area contributed by atoms with Gasteiger partial charge < -0.3 is 15.0 Å². The molecule has 1 amide bonds. The van der Waals surface area contributed by atoms with Crippen molar-refractivity contribution in [2.75, 3.05) is 30.0 Å². The topological polar surface area (TPSA) is 41.6 Å². The van der Waals surface area contributed by atoms with Gasteiger partial charge in [0.1, 0.15) is 0 Å². The summed E-state index contributed by atoms with van der Waals surface area (Å²) in [6.45, 7) is 8.60. The van der Waals surface area contributed by atoms with Crippen molar-refractivity contribution in [2.45, 2.75) is 32.7 Å². The van der Waals surface area contributed by atoms with Crippen LogP contribution in [-0.4, -0.2) is 31.2 Å². The van der Waals surface area contributed by atoms with E-state index in [1.165, 1.54) is 5.69 Å². The van der Waals surface area contributed by atoms with Gasteiger partial charge in [0.15, 0.2) is 0 Å². The standard InChI is InChI=1S/C15H22N2O2/c1-4-14(18)16-12-5-7-13(8-6-12)17-9-10-19-11-15(17,2)3/h5-8H,4,9-11H2,1-3H3,(H,16,18). The van der Waals surface area contributed by atoms with Crippen molar-refractivity contribution in [2.24, 2.45) is 0 Å². The van der Waals surface area contributed by atoms with Crippen LogP contribution >= 0.6 is 0 Å². The van der Waals surface area contributed by atoms with Crippen LogP contribution in [0.25, 0.3) is 0 Å². The van der Waals surface area contributed by atoms with Crippen LogP contribution < -0.4 is 10.2 Å². The molecule has 0 aromatic heterocycles. The fraction of sp³-hybridized carbons (Fsp3) is 0.533. The highest BCUT2D eigenvalue weighted by molar-refractivity contribution is 5.90. The van der Waals surface area contributed by atoms with Crippen LogP contribution in [0.2, 0.25) is 0 Å². The fourth-order valence-electron chi connectivity index (χ4n) is 2.31. The molecule has 104 valence electrons. The van der Waals surface area contributed by atoms with Crippen molar-refractivity contribution < 1.29 is 9.53 Å². The lowest BCUT2D eigenvalue weighted by Gasteiger charge is -2.43. The molecule has 0 bridgehead atoms. The molecule has 0 unspecified atom stereocenters. The number of ether oxygens (including phenoxy) is 1. The molecule has 1 saturated heterocycles. The van der Waals surface area contributed by atoms with Gasteiger partial charge in [-0.2, -0.15) is 0 Å². The van der Waals surface area contributed by atoms with Crippen LogP contribution in [0.1, 0.15) is 27.2 Å². The van der Waals surface area contributed by atoms with Gasteiger partial charge in [-0.25, -0.2) is 0 Å². The molecule has 0 radical (unpaired) electrons. The Bertz CT molecular complexity index is 440. The van der Waals surface area contributed by atoms with E-state index in [1.54, 1.807) is 0 Å². The molecule has 0 saturated carbocycles. The summed E-state index contributed by atoms with van der Waals surface area (Å²) in [5.74, 6) is 0.0412. The zero-order chi connectivity index (χ0) is 13.9.